The first kappa shape index (κ1) is 9.75. The van der Waals surface area contributed by atoms with Gasteiger partial charge in [0.15, 0.2) is 0 Å². The molecule has 1 nitrogen and oxygen atoms in total. The van der Waals surface area contributed by atoms with E-state index in [9.17, 15) is 4.79 Å². The summed E-state index contributed by atoms with van der Waals surface area (Å²) in [6.07, 6.45) is 0.902. The van der Waals surface area contributed by atoms with Crippen LogP contribution in [0.25, 0.3) is 0 Å². The molecule has 12 heavy (non-hydrogen) atoms. The van der Waals surface area contributed by atoms with Crippen molar-refractivity contribution < 1.29 is 4.79 Å². The lowest BCUT2D eigenvalue weighted by Crippen LogP contribution is -1.93. The third-order valence-electron chi connectivity index (χ3n) is 1.67. The summed E-state index contributed by atoms with van der Waals surface area (Å²) in [4.78, 5) is 10.4. The molecule has 0 aromatic heterocycles. The van der Waals surface area contributed by atoms with Crippen molar-refractivity contribution in [1.29, 1.82) is 0 Å². The first-order valence-corrected chi connectivity index (χ1v) is 4.72. The Bertz CT molecular complexity index is 299. The van der Waals surface area contributed by atoms with Crippen molar-refractivity contribution >= 4 is 33.8 Å². The van der Waals surface area contributed by atoms with Gasteiger partial charge in [0.05, 0.1) is 5.02 Å². The molecule has 64 valence electrons. The van der Waals surface area contributed by atoms with E-state index in [1.54, 1.807) is 6.07 Å². The van der Waals surface area contributed by atoms with Gasteiger partial charge in [-0.25, -0.2) is 0 Å². The molecule has 0 amide bonds. The number of carbonyl (C=O) groups is 1. The normalized spacial score (nSPS) is 12.6. The van der Waals surface area contributed by atoms with Crippen molar-refractivity contribution in [1.82, 2.24) is 0 Å². The summed E-state index contributed by atoms with van der Waals surface area (Å²) in [5.74, 6) is -0.0874. The lowest BCUT2D eigenvalue weighted by atomic mass is 10.0. The fourth-order valence-corrected chi connectivity index (χ4v) is 1.31. The molecule has 0 N–H and O–H groups in total. The van der Waals surface area contributed by atoms with E-state index in [4.69, 9.17) is 11.6 Å². The summed E-state index contributed by atoms with van der Waals surface area (Å²) in [6.45, 7) is 1.84. The van der Waals surface area contributed by atoms with Gasteiger partial charge < -0.3 is 4.79 Å². The molecule has 1 atom stereocenters. The molecule has 1 aromatic rings. The number of hydrogen-bond acceptors (Lipinski definition) is 1. The monoisotopic (exact) mass is 246 g/mol. The van der Waals surface area contributed by atoms with Crippen LogP contribution >= 0.6 is 27.5 Å². The van der Waals surface area contributed by atoms with Gasteiger partial charge in [-0.1, -0.05) is 24.6 Å². The molecule has 0 saturated heterocycles. The summed E-state index contributed by atoms with van der Waals surface area (Å²) in [5, 5.41) is 0.640. The van der Waals surface area contributed by atoms with Crippen LogP contribution in [0, 0.1) is 0 Å². The number of carbonyl (C=O) groups excluding carboxylic acids is 1. The molecule has 1 unspecified atom stereocenters. The highest BCUT2D eigenvalue weighted by atomic mass is 79.9. The van der Waals surface area contributed by atoms with E-state index < -0.39 is 0 Å². The van der Waals surface area contributed by atoms with E-state index in [-0.39, 0.29) is 5.92 Å². The van der Waals surface area contributed by atoms with E-state index in [2.05, 4.69) is 15.9 Å². The Morgan fingerprint density at radius 1 is 1.58 bits per heavy atom. The van der Waals surface area contributed by atoms with E-state index in [1.807, 2.05) is 19.1 Å². The summed E-state index contributed by atoms with van der Waals surface area (Å²) >= 11 is 9.13. The molecule has 0 spiro atoms. The third kappa shape index (κ3) is 2.08. The second-order valence-electron chi connectivity index (χ2n) is 2.60. The average molecular weight is 248 g/mol. The van der Waals surface area contributed by atoms with Crippen LogP contribution in [0.15, 0.2) is 22.7 Å². The highest BCUT2D eigenvalue weighted by Gasteiger charge is 2.05. The molecule has 0 bridgehead atoms. The van der Waals surface area contributed by atoms with E-state index in [0.29, 0.717) is 5.02 Å². The van der Waals surface area contributed by atoms with Crippen LogP contribution in [-0.4, -0.2) is 6.29 Å². The maximum Gasteiger partial charge on any atom is 0.127 e. The predicted octanol–water partition coefficient (Wildman–Crippen LogP) is 3.40. The molecule has 3 heteroatoms. The first-order chi connectivity index (χ1) is 5.65. The first-order valence-electron chi connectivity index (χ1n) is 3.55. The maximum atomic E-state index is 10.4. The van der Waals surface area contributed by atoms with Gasteiger partial charge in [-0.3, -0.25) is 0 Å². The van der Waals surface area contributed by atoms with E-state index >= 15 is 0 Å². The predicted molar refractivity (Wildman–Crippen MR) is 53.6 cm³/mol. The molecule has 0 aliphatic rings. The molecule has 0 saturated carbocycles. The molecule has 0 fully saturated rings. The van der Waals surface area contributed by atoms with Crippen LogP contribution in [-0.2, 0) is 4.79 Å². The Hall–Kier alpha value is -0.340. The average Bonchev–Trinajstić information content (AvgIpc) is 2.08. The molecule has 0 aliphatic heterocycles. The van der Waals surface area contributed by atoms with Gasteiger partial charge in [0.2, 0.25) is 0 Å². The molecule has 0 heterocycles. The lowest BCUT2D eigenvalue weighted by molar-refractivity contribution is -0.108. The quantitative estimate of drug-likeness (QED) is 0.732. The zero-order chi connectivity index (χ0) is 9.14. The molecule has 0 aliphatic carbocycles. The number of hydrogen-bond donors (Lipinski definition) is 0. The number of rotatable bonds is 2. The van der Waals surface area contributed by atoms with Gasteiger partial charge in [-0.2, -0.15) is 0 Å². The number of aldehydes is 1. The Kier molecular flexibility index (Phi) is 3.29. The smallest absolute Gasteiger partial charge is 0.127 e. The third-order valence-corrected chi connectivity index (χ3v) is 2.91. The topological polar surface area (TPSA) is 17.1 Å². The molecule has 1 rings (SSSR count). The van der Waals surface area contributed by atoms with Crippen LogP contribution in [0.4, 0.5) is 0 Å². The van der Waals surface area contributed by atoms with Crippen LogP contribution in [0.1, 0.15) is 18.4 Å². The summed E-state index contributed by atoms with van der Waals surface area (Å²) in [5.41, 5.74) is 0.943. The van der Waals surface area contributed by atoms with Crippen molar-refractivity contribution in [2.45, 2.75) is 12.8 Å². The van der Waals surface area contributed by atoms with Gasteiger partial charge in [0.1, 0.15) is 6.29 Å². The van der Waals surface area contributed by atoms with Crippen molar-refractivity contribution in [3.8, 4) is 0 Å². The van der Waals surface area contributed by atoms with Crippen molar-refractivity contribution in [2.24, 2.45) is 0 Å². The van der Waals surface area contributed by atoms with Crippen LogP contribution in [0.3, 0.4) is 0 Å². The zero-order valence-corrected chi connectivity index (χ0v) is 8.89. The minimum absolute atomic E-state index is 0.0874. The van der Waals surface area contributed by atoms with Crippen molar-refractivity contribution in [2.75, 3.05) is 0 Å². The Morgan fingerprint density at radius 2 is 2.25 bits per heavy atom. The standard InChI is InChI=1S/C9H8BrClO/c1-6(5-12)7-2-3-8(10)9(11)4-7/h2-6H,1H3. The van der Waals surface area contributed by atoms with Gasteiger partial charge in [0, 0.05) is 10.4 Å². The zero-order valence-electron chi connectivity index (χ0n) is 6.55. The summed E-state index contributed by atoms with van der Waals surface area (Å²) in [7, 11) is 0. The molecule has 1 aromatic carbocycles. The van der Waals surface area contributed by atoms with Gasteiger partial charge in [0.25, 0.3) is 0 Å². The van der Waals surface area contributed by atoms with Crippen LogP contribution < -0.4 is 0 Å². The molecular weight excluding hydrogens is 239 g/mol. The highest BCUT2D eigenvalue weighted by Crippen LogP contribution is 2.25. The van der Waals surface area contributed by atoms with E-state index in [0.717, 1.165) is 16.3 Å². The Labute approximate surface area is 84.9 Å². The van der Waals surface area contributed by atoms with Crippen LogP contribution in [0.5, 0.6) is 0 Å². The number of benzene rings is 1. The SMILES string of the molecule is CC(C=O)c1ccc(Br)c(Cl)c1. The van der Waals surface area contributed by atoms with Gasteiger partial charge >= 0.3 is 0 Å². The van der Waals surface area contributed by atoms with Gasteiger partial charge in [-0.15, -0.1) is 0 Å². The highest BCUT2D eigenvalue weighted by molar-refractivity contribution is 9.10. The Balaban J connectivity index is 3.04. The molecule has 0 radical (unpaired) electrons. The summed E-state index contributed by atoms with van der Waals surface area (Å²) < 4.78 is 0.853. The maximum absolute atomic E-state index is 10.4. The minimum Gasteiger partial charge on any atom is -0.303 e. The van der Waals surface area contributed by atoms with Crippen molar-refractivity contribution in [3.63, 3.8) is 0 Å². The second-order valence-corrected chi connectivity index (χ2v) is 3.86. The molecular formula is C9H8BrClO. The fourth-order valence-electron chi connectivity index (χ4n) is 0.874. The largest absolute Gasteiger partial charge is 0.303 e. The lowest BCUT2D eigenvalue weighted by Gasteiger charge is -2.04. The van der Waals surface area contributed by atoms with Gasteiger partial charge in [-0.05, 0) is 33.6 Å². The summed E-state index contributed by atoms with van der Waals surface area (Å²) in [6, 6.07) is 5.53. The van der Waals surface area contributed by atoms with Crippen molar-refractivity contribution in [3.05, 3.63) is 33.3 Å². The fraction of sp³-hybridized carbons (Fsp3) is 0.222. The number of halogens is 2. The minimum atomic E-state index is -0.0874. The Morgan fingerprint density at radius 3 is 2.75 bits per heavy atom. The van der Waals surface area contributed by atoms with E-state index in [1.165, 1.54) is 0 Å². The van der Waals surface area contributed by atoms with Crippen LogP contribution in [0.2, 0.25) is 5.02 Å². The second kappa shape index (κ2) is 4.06.